The first-order valence-corrected chi connectivity index (χ1v) is 8.46. The van der Waals surface area contributed by atoms with Crippen molar-refractivity contribution in [3.8, 4) is 10.6 Å². The summed E-state index contributed by atoms with van der Waals surface area (Å²) in [4.78, 5) is 6.40. The molecule has 1 heterocycles. The molecule has 1 atom stereocenters. The molecular formula is C18H24N2S. The van der Waals surface area contributed by atoms with E-state index in [4.69, 9.17) is 4.98 Å². The number of nitrogens with one attached hydrogen (secondary N) is 1. The summed E-state index contributed by atoms with van der Waals surface area (Å²) in [5.41, 5.74) is 5.56. The first kappa shape index (κ1) is 14.7. The summed E-state index contributed by atoms with van der Waals surface area (Å²) >= 11 is 1.86. The molecule has 1 aliphatic rings. The highest BCUT2D eigenvalue weighted by Gasteiger charge is 2.34. The molecule has 0 radical (unpaired) electrons. The smallest absolute Gasteiger partial charge is 0.123 e. The maximum absolute atomic E-state index is 4.96. The Kier molecular flexibility index (Phi) is 3.66. The molecule has 1 unspecified atom stereocenters. The Balaban J connectivity index is 2.04. The van der Waals surface area contributed by atoms with Crippen molar-refractivity contribution in [2.75, 3.05) is 7.05 Å². The molecule has 1 aromatic heterocycles. The monoisotopic (exact) mass is 300 g/mol. The fourth-order valence-electron chi connectivity index (χ4n) is 3.16. The van der Waals surface area contributed by atoms with Crippen LogP contribution in [0.1, 0.15) is 48.0 Å². The molecule has 112 valence electrons. The number of hydrogen-bond donors (Lipinski definition) is 1. The summed E-state index contributed by atoms with van der Waals surface area (Å²) in [6.07, 6.45) is 2.27. The van der Waals surface area contributed by atoms with Gasteiger partial charge in [0.15, 0.2) is 0 Å². The average Bonchev–Trinajstić information content (AvgIpc) is 2.83. The second-order valence-electron chi connectivity index (χ2n) is 7.02. The van der Waals surface area contributed by atoms with Crippen molar-refractivity contribution in [2.24, 2.45) is 5.41 Å². The van der Waals surface area contributed by atoms with Gasteiger partial charge in [0.25, 0.3) is 0 Å². The molecule has 1 aromatic carbocycles. The Morgan fingerprint density at radius 1 is 1.24 bits per heavy atom. The molecule has 0 aliphatic heterocycles. The quantitative estimate of drug-likeness (QED) is 0.872. The van der Waals surface area contributed by atoms with Crippen LogP contribution in [0.25, 0.3) is 10.6 Å². The van der Waals surface area contributed by atoms with E-state index in [1.807, 2.05) is 11.3 Å². The van der Waals surface area contributed by atoms with Crippen LogP contribution in [0.3, 0.4) is 0 Å². The summed E-state index contributed by atoms with van der Waals surface area (Å²) in [7, 11) is 2.06. The molecule has 0 bridgehead atoms. The zero-order valence-electron chi connectivity index (χ0n) is 13.6. The summed E-state index contributed by atoms with van der Waals surface area (Å²) < 4.78 is 0. The van der Waals surface area contributed by atoms with E-state index in [2.05, 4.69) is 58.3 Å². The van der Waals surface area contributed by atoms with Crippen molar-refractivity contribution in [1.82, 2.24) is 10.3 Å². The number of nitrogens with zero attached hydrogens (tertiary/aromatic N) is 1. The summed E-state index contributed by atoms with van der Waals surface area (Å²) in [5, 5.41) is 4.64. The van der Waals surface area contributed by atoms with Crippen LogP contribution >= 0.6 is 11.3 Å². The van der Waals surface area contributed by atoms with Crippen molar-refractivity contribution in [3.63, 3.8) is 0 Å². The lowest BCUT2D eigenvalue weighted by atomic mass is 9.76. The minimum Gasteiger partial charge on any atom is -0.312 e. The predicted molar refractivity (Wildman–Crippen MR) is 90.9 cm³/mol. The summed E-state index contributed by atoms with van der Waals surface area (Å²) in [6.45, 7) is 9.02. The normalized spacial score (nSPS) is 20.3. The van der Waals surface area contributed by atoms with E-state index in [0.717, 1.165) is 6.42 Å². The van der Waals surface area contributed by atoms with Crippen LogP contribution in [0.15, 0.2) is 18.2 Å². The molecule has 0 fully saturated rings. The van der Waals surface area contributed by atoms with Crippen LogP contribution in [0.4, 0.5) is 0 Å². The Bertz CT molecular complexity index is 670. The molecular weight excluding hydrogens is 276 g/mol. The van der Waals surface area contributed by atoms with Crippen molar-refractivity contribution in [3.05, 3.63) is 39.9 Å². The fraction of sp³-hybridized carbons (Fsp3) is 0.500. The van der Waals surface area contributed by atoms with E-state index >= 15 is 0 Å². The van der Waals surface area contributed by atoms with Gasteiger partial charge in [0, 0.05) is 16.5 Å². The molecule has 21 heavy (non-hydrogen) atoms. The van der Waals surface area contributed by atoms with Gasteiger partial charge in [-0.2, -0.15) is 0 Å². The van der Waals surface area contributed by atoms with Gasteiger partial charge in [0.2, 0.25) is 0 Å². The lowest BCUT2D eigenvalue weighted by molar-refractivity contribution is 0.265. The Hall–Kier alpha value is -1.19. The Morgan fingerprint density at radius 2 is 2.00 bits per heavy atom. The van der Waals surface area contributed by atoms with Gasteiger partial charge < -0.3 is 5.32 Å². The van der Waals surface area contributed by atoms with Crippen LogP contribution < -0.4 is 5.32 Å². The predicted octanol–water partition coefficient (Wildman–Crippen LogP) is 4.66. The first-order valence-electron chi connectivity index (χ1n) is 7.64. The number of fused-ring (bicyclic) bond motifs is 1. The summed E-state index contributed by atoms with van der Waals surface area (Å²) in [5.74, 6) is 0. The van der Waals surface area contributed by atoms with Crippen molar-refractivity contribution in [2.45, 2.75) is 46.6 Å². The molecule has 3 rings (SSSR count). The third-order valence-electron chi connectivity index (χ3n) is 4.55. The van der Waals surface area contributed by atoms with Gasteiger partial charge in [-0.05, 0) is 56.3 Å². The Morgan fingerprint density at radius 3 is 2.67 bits per heavy atom. The maximum atomic E-state index is 4.96. The van der Waals surface area contributed by atoms with Gasteiger partial charge >= 0.3 is 0 Å². The molecule has 2 aromatic rings. The third kappa shape index (κ3) is 2.77. The van der Waals surface area contributed by atoms with Gasteiger partial charge in [-0.3, -0.25) is 0 Å². The second-order valence-corrected chi connectivity index (χ2v) is 8.05. The topological polar surface area (TPSA) is 24.9 Å². The zero-order chi connectivity index (χ0) is 15.2. The Labute approximate surface area is 131 Å². The van der Waals surface area contributed by atoms with E-state index in [1.54, 1.807) is 0 Å². The van der Waals surface area contributed by atoms with Crippen LogP contribution in [-0.2, 0) is 6.42 Å². The number of aryl methyl sites for hydroxylation is 2. The molecule has 1 N–H and O–H groups in total. The molecule has 1 aliphatic carbocycles. The average molecular weight is 300 g/mol. The highest BCUT2D eigenvalue weighted by molar-refractivity contribution is 7.15. The third-order valence-corrected chi connectivity index (χ3v) is 5.81. The molecule has 2 nitrogen and oxygen atoms in total. The van der Waals surface area contributed by atoms with Gasteiger partial charge in [-0.1, -0.05) is 26.0 Å². The van der Waals surface area contributed by atoms with E-state index in [9.17, 15) is 0 Å². The van der Waals surface area contributed by atoms with Gasteiger partial charge in [-0.15, -0.1) is 11.3 Å². The van der Waals surface area contributed by atoms with Gasteiger partial charge in [-0.25, -0.2) is 4.98 Å². The first-order chi connectivity index (χ1) is 9.89. The van der Waals surface area contributed by atoms with Crippen LogP contribution in [-0.4, -0.2) is 12.0 Å². The molecule has 3 heteroatoms. The molecule has 0 amide bonds. The lowest BCUT2D eigenvalue weighted by Crippen LogP contribution is -2.30. The van der Waals surface area contributed by atoms with Crippen LogP contribution in [0.2, 0.25) is 0 Å². The van der Waals surface area contributed by atoms with Crippen LogP contribution in [0, 0.1) is 19.3 Å². The minimum absolute atomic E-state index is 0.329. The van der Waals surface area contributed by atoms with Crippen molar-refractivity contribution in [1.29, 1.82) is 0 Å². The van der Waals surface area contributed by atoms with Gasteiger partial charge in [0.1, 0.15) is 5.01 Å². The van der Waals surface area contributed by atoms with E-state index < -0.39 is 0 Å². The number of benzene rings is 1. The van der Waals surface area contributed by atoms with Gasteiger partial charge in [0.05, 0.1) is 5.69 Å². The maximum Gasteiger partial charge on any atom is 0.123 e. The minimum atomic E-state index is 0.329. The zero-order valence-corrected chi connectivity index (χ0v) is 14.4. The molecule has 0 spiro atoms. The second kappa shape index (κ2) is 5.22. The standard InChI is InChI=1S/C18H24N2S/c1-11-6-7-13(8-12(11)2)17-20-15-10-18(3,4)9-14(19-5)16(15)21-17/h6-8,14,19H,9-10H2,1-5H3. The van der Waals surface area contributed by atoms with Crippen molar-refractivity contribution >= 4 is 11.3 Å². The van der Waals surface area contributed by atoms with E-state index in [1.165, 1.54) is 38.7 Å². The van der Waals surface area contributed by atoms with Crippen LogP contribution in [0.5, 0.6) is 0 Å². The van der Waals surface area contributed by atoms with Crippen molar-refractivity contribution < 1.29 is 0 Å². The molecule has 0 saturated carbocycles. The SMILES string of the molecule is CNC1CC(C)(C)Cc2nc(-c3ccc(C)c(C)c3)sc21. The van der Waals surface area contributed by atoms with E-state index in [0.29, 0.717) is 11.5 Å². The largest absolute Gasteiger partial charge is 0.312 e. The highest BCUT2D eigenvalue weighted by Crippen LogP contribution is 2.44. The number of rotatable bonds is 2. The fourth-order valence-corrected chi connectivity index (χ4v) is 4.35. The highest BCUT2D eigenvalue weighted by atomic mass is 32.1. The molecule has 0 saturated heterocycles. The number of hydrogen-bond acceptors (Lipinski definition) is 3. The summed E-state index contributed by atoms with van der Waals surface area (Å²) in [6, 6.07) is 7.11. The lowest BCUT2D eigenvalue weighted by Gasteiger charge is -2.34. The number of thiazole rings is 1. The van der Waals surface area contributed by atoms with E-state index in [-0.39, 0.29) is 0 Å². The number of aromatic nitrogens is 1.